The molecular weight excluding hydrogens is 353 g/mol. The van der Waals surface area contributed by atoms with E-state index in [9.17, 15) is 9.18 Å². The van der Waals surface area contributed by atoms with Gasteiger partial charge in [0.25, 0.3) is 5.91 Å². The maximum atomic E-state index is 14.0. The number of aromatic nitrogens is 1. The predicted octanol–water partition coefficient (Wildman–Crippen LogP) is 4.00. The van der Waals surface area contributed by atoms with Crippen molar-refractivity contribution in [3.63, 3.8) is 0 Å². The molecule has 8 heteroatoms. The molecule has 2 heterocycles. The number of hydrogen-bond acceptors (Lipinski definition) is 5. The largest absolute Gasteiger partial charge is 0.359 e. The van der Waals surface area contributed by atoms with Crippen molar-refractivity contribution in [3.05, 3.63) is 62.8 Å². The van der Waals surface area contributed by atoms with Gasteiger partial charge >= 0.3 is 0 Å². The summed E-state index contributed by atoms with van der Waals surface area (Å²) in [6.45, 7) is 0.110. The van der Waals surface area contributed by atoms with E-state index in [1.165, 1.54) is 29.5 Å². The minimum absolute atomic E-state index is 0.110. The summed E-state index contributed by atoms with van der Waals surface area (Å²) >= 11 is 6.95. The second-order valence-electron chi connectivity index (χ2n) is 4.77. The van der Waals surface area contributed by atoms with Gasteiger partial charge in [0.05, 0.1) is 27.4 Å². The lowest BCUT2D eigenvalue weighted by Gasteiger charge is -1.99. The van der Waals surface area contributed by atoms with E-state index in [-0.39, 0.29) is 23.6 Å². The van der Waals surface area contributed by atoms with E-state index >= 15 is 0 Å². The van der Waals surface area contributed by atoms with Crippen molar-refractivity contribution >= 4 is 28.8 Å². The van der Waals surface area contributed by atoms with E-state index in [0.29, 0.717) is 20.7 Å². The number of nitrogens with one attached hydrogen (secondary N) is 1. The number of rotatable bonds is 4. The molecule has 0 aliphatic rings. The smallest absolute Gasteiger partial charge is 0.261 e. The number of benzene rings is 1. The number of thiophene rings is 1. The second kappa shape index (κ2) is 6.83. The van der Waals surface area contributed by atoms with Crippen LogP contribution in [-0.4, -0.2) is 11.1 Å². The van der Waals surface area contributed by atoms with E-state index < -0.39 is 5.82 Å². The Kier molecular flexibility index (Phi) is 4.60. The van der Waals surface area contributed by atoms with Gasteiger partial charge in [0.15, 0.2) is 5.76 Å². The molecule has 1 N–H and O–H groups in total. The van der Waals surface area contributed by atoms with Gasteiger partial charge in [-0.3, -0.25) is 4.79 Å². The Bertz CT molecular complexity index is 945. The Morgan fingerprint density at radius 3 is 2.88 bits per heavy atom. The minimum Gasteiger partial charge on any atom is -0.359 e. The normalized spacial score (nSPS) is 10.4. The highest BCUT2D eigenvalue weighted by Crippen LogP contribution is 2.24. The van der Waals surface area contributed by atoms with Gasteiger partial charge in [0.1, 0.15) is 11.5 Å². The van der Waals surface area contributed by atoms with Gasteiger partial charge in [-0.2, -0.15) is 5.26 Å². The van der Waals surface area contributed by atoms with Crippen LogP contribution in [0.25, 0.3) is 11.3 Å². The van der Waals surface area contributed by atoms with Crippen LogP contribution in [0.5, 0.6) is 0 Å². The summed E-state index contributed by atoms with van der Waals surface area (Å²) in [5.41, 5.74) is 0.739. The molecule has 0 bridgehead atoms. The van der Waals surface area contributed by atoms with Crippen molar-refractivity contribution in [3.8, 4) is 17.3 Å². The van der Waals surface area contributed by atoms with Gasteiger partial charge < -0.3 is 9.84 Å². The van der Waals surface area contributed by atoms with Crippen molar-refractivity contribution in [1.82, 2.24) is 10.5 Å². The molecule has 1 amide bonds. The third-order valence-corrected chi connectivity index (χ3v) is 4.38. The first kappa shape index (κ1) is 16.2. The summed E-state index contributed by atoms with van der Waals surface area (Å²) in [7, 11) is 0. The van der Waals surface area contributed by atoms with Gasteiger partial charge in [0, 0.05) is 11.6 Å². The van der Waals surface area contributed by atoms with Crippen molar-refractivity contribution in [1.29, 1.82) is 5.26 Å². The van der Waals surface area contributed by atoms with Gasteiger partial charge in [-0.15, -0.1) is 11.3 Å². The number of halogens is 2. The lowest BCUT2D eigenvalue weighted by Crippen LogP contribution is -2.21. The topological polar surface area (TPSA) is 78.9 Å². The van der Waals surface area contributed by atoms with Crippen molar-refractivity contribution in [2.75, 3.05) is 0 Å². The van der Waals surface area contributed by atoms with E-state index in [1.807, 2.05) is 6.07 Å². The number of amides is 1. The maximum absolute atomic E-state index is 14.0. The average molecular weight is 362 g/mol. The molecule has 3 rings (SSSR count). The van der Waals surface area contributed by atoms with Crippen LogP contribution in [0.3, 0.4) is 0 Å². The summed E-state index contributed by atoms with van der Waals surface area (Å²) in [6, 6.07) is 10.7. The number of carbonyl (C=O) groups excluding carboxylic acids is 1. The Hall–Kier alpha value is -2.69. The lowest BCUT2D eigenvalue weighted by molar-refractivity contribution is 0.0951. The highest BCUT2D eigenvalue weighted by molar-refractivity contribution is 7.17. The Labute approximate surface area is 145 Å². The zero-order valence-electron chi connectivity index (χ0n) is 12.0. The molecule has 0 saturated heterocycles. The highest BCUT2D eigenvalue weighted by Gasteiger charge is 2.13. The van der Waals surface area contributed by atoms with E-state index in [4.69, 9.17) is 21.4 Å². The molecule has 3 aromatic rings. The third-order valence-electron chi connectivity index (χ3n) is 3.15. The van der Waals surface area contributed by atoms with Crippen LogP contribution >= 0.6 is 22.9 Å². The fourth-order valence-electron chi connectivity index (χ4n) is 2.01. The first-order chi connectivity index (χ1) is 11.6. The van der Waals surface area contributed by atoms with E-state index in [0.717, 1.165) is 6.07 Å². The fourth-order valence-corrected chi connectivity index (χ4v) is 2.97. The molecular formula is C16H9ClFN3O2S. The summed E-state index contributed by atoms with van der Waals surface area (Å²) in [5.74, 6) is -0.467. The van der Waals surface area contributed by atoms with Crippen LogP contribution in [0.15, 0.2) is 40.9 Å². The Morgan fingerprint density at radius 2 is 2.21 bits per heavy atom. The Balaban J connectivity index is 1.70. The molecule has 1 aromatic carbocycles. The standard InChI is InChI=1S/C16H9ClFN3O2S/c17-15-4-3-14(24-15)16(22)20-8-10-6-13(21-23-10)11-2-1-9(7-19)5-12(11)18/h1-6H,8H2,(H,20,22). The van der Waals surface area contributed by atoms with Crippen LogP contribution < -0.4 is 5.32 Å². The van der Waals surface area contributed by atoms with Crippen LogP contribution in [-0.2, 0) is 6.54 Å². The van der Waals surface area contributed by atoms with Gasteiger partial charge in [-0.25, -0.2) is 4.39 Å². The molecule has 0 atom stereocenters. The minimum atomic E-state index is -0.564. The molecule has 24 heavy (non-hydrogen) atoms. The summed E-state index contributed by atoms with van der Waals surface area (Å²) in [5, 5.41) is 15.2. The van der Waals surface area contributed by atoms with Crippen LogP contribution in [0.2, 0.25) is 4.34 Å². The van der Waals surface area contributed by atoms with Gasteiger partial charge in [-0.1, -0.05) is 16.8 Å². The number of nitriles is 1. The first-order valence-electron chi connectivity index (χ1n) is 6.76. The molecule has 0 unspecified atom stereocenters. The molecule has 0 fully saturated rings. The fraction of sp³-hybridized carbons (Fsp3) is 0.0625. The van der Waals surface area contributed by atoms with Crippen LogP contribution in [0.1, 0.15) is 21.0 Å². The number of hydrogen-bond donors (Lipinski definition) is 1. The molecule has 0 aliphatic heterocycles. The van der Waals surface area contributed by atoms with Gasteiger partial charge in [-0.05, 0) is 30.3 Å². The quantitative estimate of drug-likeness (QED) is 0.761. The number of nitrogens with zero attached hydrogens (tertiary/aromatic N) is 2. The highest BCUT2D eigenvalue weighted by atomic mass is 35.5. The van der Waals surface area contributed by atoms with E-state index in [2.05, 4.69) is 10.5 Å². The lowest BCUT2D eigenvalue weighted by atomic mass is 10.1. The molecule has 2 aromatic heterocycles. The zero-order chi connectivity index (χ0) is 17.1. The summed E-state index contributed by atoms with van der Waals surface area (Å²) in [4.78, 5) is 12.4. The van der Waals surface area contributed by atoms with Crippen LogP contribution in [0, 0.1) is 17.1 Å². The molecule has 120 valence electrons. The molecule has 5 nitrogen and oxygen atoms in total. The van der Waals surface area contributed by atoms with Crippen LogP contribution in [0.4, 0.5) is 4.39 Å². The van der Waals surface area contributed by atoms with Crippen molar-refractivity contribution < 1.29 is 13.7 Å². The van der Waals surface area contributed by atoms with E-state index in [1.54, 1.807) is 12.1 Å². The summed E-state index contributed by atoms with van der Waals surface area (Å²) < 4.78 is 19.6. The first-order valence-corrected chi connectivity index (χ1v) is 7.95. The SMILES string of the molecule is N#Cc1ccc(-c2cc(CNC(=O)c3ccc(Cl)s3)on2)c(F)c1. The zero-order valence-corrected chi connectivity index (χ0v) is 13.6. The maximum Gasteiger partial charge on any atom is 0.261 e. The van der Waals surface area contributed by atoms with Crippen molar-refractivity contribution in [2.45, 2.75) is 6.54 Å². The van der Waals surface area contributed by atoms with Crippen molar-refractivity contribution in [2.24, 2.45) is 0 Å². The monoisotopic (exact) mass is 361 g/mol. The van der Waals surface area contributed by atoms with Gasteiger partial charge in [0.2, 0.25) is 0 Å². The molecule has 0 spiro atoms. The second-order valence-corrected chi connectivity index (χ2v) is 6.49. The molecule has 0 saturated carbocycles. The predicted molar refractivity (Wildman–Crippen MR) is 87.1 cm³/mol. The Morgan fingerprint density at radius 1 is 1.38 bits per heavy atom. The summed E-state index contributed by atoms with van der Waals surface area (Å²) in [6.07, 6.45) is 0. The molecule has 0 aliphatic carbocycles. The number of carbonyl (C=O) groups is 1. The average Bonchev–Trinajstić information content (AvgIpc) is 3.21. The molecule has 0 radical (unpaired) electrons. The third kappa shape index (κ3) is 3.45.